The smallest absolute Gasteiger partial charge is 0.234 e. The van der Waals surface area contributed by atoms with E-state index in [1.54, 1.807) is 28.8 Å². The quantitative estimate of drug-likeness (QED) is 0.663. The third kappa shape index (κ3) is 4.08. The van der Waals surface area contributed by atoms with Crippen molar-refractivity contribution >= 4 is 23.4 Å². The van der Waals surface area contributed by atoms with Crippen LogP contribution < -0.4 is 5.32 Å². The van der Waals surface area contributed by atoms with Gasteiger partial charge in [-0.25, -0.2) is 8.78 Å². The Balaban J connectivity index is 1.71. The molecule has 0 fully saturated rings. The predicted molar refractivity (Wildman–Crippen MR) is 96.8 cm³/mol. The maximum Gasteiger partial charge on any atom is 0.234 e. The molecule has 0 saturated heterocycles. The molecule has 0 radical (unpaired) electrons. The zero-order chi connectivity index (χ0) is 18.5. The summed E-state index contributed by atoms with van der Waals surface area (Å²) in [6, 6.07) is 12.0. The van der Waals surface area contributed by atoms with Gasteiger partial charge in [0, 0.05) is 12.2 Å². The molecule has 134 valence electrons. The monoisotopic (exact) mass is 374 g/mol. The number of hydrogen-bond acceptors (Lipinski definition) is 4. The second-order valence-corrected chi connectivity index (χ2v) is 6.32. The molecule has 0 atom stereocenters. The summed E-state index contributed by atoms with van der Waals surface area (Å²) in [7, 11) is 0. The van der Waals surface area contributed by atoms with Gasteiger partial charge in [0.1, 0.15) is 11.6 Å². The van der Waals surface area contributed by atoms with Crippen LogP contribution in [0.15, 0.2) is 53.7 Å². The van der Waals surface area contributed by atoms with E-state index in [2.05, 4.69) is 15.5 Å². The highest BCUT2D eigenvalue weighted by Crippen LogP contribution is 2.25. The molecule has 1 aromatic heterocycles. The molecule has 1 N–H and O–H groups in total. The molecule has 0 bridgehead atoms. The van der Waals surface area contributed by atoms with E-state index in [0.717, 1.165) is 0 Å². The lowest BCUT2D eigenvalue weighted by Crippen LogP contribution is -2.14. The summed E-state index contributed by atoms with van der Waals surface area (Å²) in [5.41, 5.74) is 0.748. The number of benzene rings is 2. The Morgan fingerprint density at radius 2 is 1.96 bits per heavy atom. The summed E-state index contributed by atoms with van der Waals surface area (Å²) in [6.07, 6.45) is 0. The molecule has 0 spiro atoms. The molecule has 3 rings (SSSR count). The van der Waals surface area contributed by atoms with Crippen LogP contribution >= 0.6 is 11.8 Å². The third-order valence-corrected chi connectivity index (χ3v) is 4.56. The van der Waals surface area contributed by atoms with E-state index in [-0.39, 0.29) is 17.5 Å². The lowest BCUT2D eigenvalue weighted by Gasteiger charge is -2.08. The lowest BCUT2D eigenvalue weighted by molar-refractivity contribution is -0.113. The molecule has 5 nitrogen and oxygen atoms in total. The number of nitrogens with one attached hydrogen (secondary N) is 1. The number of thioether (sulfide) groups is 1. The van der Waals surface area contributed by atoms with Crippen molar-refractivity contribution in [2.45, 2.75) is 18.6 Å². The van der Waals surface area contributed by atoms with Gasteiger partial charge in [-0.15, -0.1) is 10.2 Å². The molecule has 1 heterocycles. The predicted octanol–water partition coefficient (Wildman–Crippen LogP) is 3.97. The second kappa shape index (κ2) is 8.09. The number of amides is 1. The van der Waals surface area contributed by atoms with E-state index in [1.165, 1.54) is 36.0 Å². The first-order valence-electron chi connectivity index (χ1n) is 7.94. The van der Waals surface area contributed by atoms with Crippen molar-refractivity contribution in [2.75, 3.05) is 11.1 Å². The second-order valence-electron chi connectivity index (χ2n) is 5.38. The van der Waals surface area contributed by atoms with Gasteiger partial charge in [0.15, 0.2) is 11.0 Å². The molecule has 2 aromatic carbocycles. The van der Waals surface area contributed by atoms with Gasteiger partial charge in [0.2, 0.25) is 5.91 Å². The number of halogens is 2. The molecule has 1 amide bonds. The summed E-state index contributed by atoms with van der Waals surface area (Å²) in [5, 5.41) is 11.3. The van der Waals surface area contributed by atoms with Crippen molar-refractivity contribution in [1.29, 1.82) is 0 Å². The number of carbonyl (C=O) groups is 1. The number of hydrogen-bond donors (Lipinski definition) is 1. The van der Waals surface area contributed by atoms with Crippen LogP contribution in [0.25, 0.3) is 11.4 Å². The summed E-state index contributed by atoms with van der Waals surface area (Å²) >= 11 is 1.19. The van der Waals surface area contributed by atoms with E-state index in [0.29, 0.717) is 28.8 Å². The van der Waals surface area contributed by atoms with Crippen LogP contribution in [0.4, 0.5) is 14.5 Å². The van der Waals surface area contributed by atoms with Gasteiger partial charge in [-0.2, -0.15) is 0 Å². The Bertz CT molecular complexity index is 929. The molecular weight excluding hydrogens is 358 g/mol. The molecular formula is C18H16F2N4OS. The maximum atomic E-state index is 14.0. The SMILES string of the molecule is CCn1c(SCC(=O)Nc2cccc(F)c2)nnc1-c1ccccc1F. The fraction of sp³-hybridized carbons (Fsp3) is 0.167. The van der Waals surface area contributed by atoms with Crippen molar-refractivity contribution in [3.05, 3.63) is 60.2 Å². The van der Waals surface area contributed by atoms with Crippen LogP contribution in [-0.4, -0.2) is 26.4 Å². The molecule has 0 aliphatic rings. The van der Waals surface area contributed by atoms with E-state index in [1.807, 2.05) is 6.92 Å². The molecule has 0 unspecified atom stereocenters. The van der Waals surface area contributed by atoms with Gasteiger partial charge < -0.3 is 9.88 Å². The zero-order valence-corrected chi connectivity index (χ0v) is 14.8. The Hall–Kier alpha value is -2.74. The highest BCUT2D eigenvalue weighted by molar-refractivity contribution is 7.99. The van der Waals surface area contributed by atoms with Gasteiger partial charge in [-0.1, -0.05) is 30.0 Å². The third-order valence-electron chi connectivity index (χ3n) is 3.59. The average Bonchev–Trinajstić information content (AvgIpc) is 3.03. The summed E-state index contributed by atoms with van der Waals surface area (Å²) < 4.78 is 28.9. The van der Waals surface area contributed by atoms with E-state index >= 15 is 0 Å². The molecule has 26 heavy (non-hydrogen) atoms. The first-order chi connectivity index (χ1) is 12.6. The summed E-state index contributed by atoms with van der Waals surface area (Å²) in [5.74, 6) is -0.602. The number of anilines is 1. The van der Waals surface area contributed by atoms with Crippen LogP contribution in [0.5, 0.6) is 0 Å². The summed E-state index contributed by atoms with van der Waals surface area (Å²) in [6.45, 7) is 2.43. The number of nitrogens with zero attached hydrogens (tertiary/aromatic N) is 3. The first-order valence-corrected chi connectivity index (χ1v) is 8.93. The van der Waals surface area contributed by atoms with Crippen LogP contribution in [-0.2, 0) is 11.3 Å². The normalized spacial score (nSPS) is 10.7. The first kappa shape index (κ1) is 18.1. The van der Waals surface area contributed by atoms with Crippen LogP contribution in [0.3, 0.4) is 0 Å². The number of carbonyl (C=O) groups excluding carboxylic acids is 1. The minimum atomic E-state index is -0.421. The van der Waals surface area contributed by atoms with Crippen molar-refractivity contribution in [3.8, 4) is 11.4 Å². The Kier molecular flexibility index (Phi) is 5.62. The Morgan fingerprint density at radius 1 is 1.15 bits per heavy atom. The Labute approximate surface area is 153 Å². The van der Waals surface area contributed by atoms with Crippen molar-refractivity contribution < 1.29 is 13.6 Å². The van der Waals surface area contributed by atoms with Crippen molar-refractivity contribution in [2.24, 2.45) is 0 Å². The van der Waals surface area contributed by atoms with Crippen LogP contribution in [0.1, 0.15) is 6.92 Å². The lowest BCUT2D eigenvalue weighted by atomic mass is 10.2. The van der Waals surface area contributed by atoms with Gasteiger partial charge >= 0.3 is 0 Å². The van der Waals surface area contributed by atoms with Gasteiger partial charge in [-0.05, 0) is 37.3 Å². The molecule has 3 aromatic rings. The van der Waals surface area contributed by atoms with Gasteiger partial charge in [-0.3, -0.25) is 4.79 Å². The van der Waals surface area contributed by atoms with Gasteiger partial charge in [0.25, 0.3) is 0 Å². The number of aromatic nitrogens is 3. The highest BCUT2D eigenvalue weighted by Gasteiger charge is 2.17. The largest absolute Gasteiger partial charge is 0.325 e. The van der Waals surface area contributed by atoms with E-state index < -0.39 is 5.82 Å². The minimum Gasteiger partial charge on any atom is -0.325 e. The molecule has 0 aliphatic carbocycles. The fourth-order valence-electron chi connectivity index (χ4n) is 2.42. The topological polar surface area (TPSA) is 59.8 Å². The number of rotatable bonds is 6. The minimum absolute atomic E-state index is 0.0753. The Morgan fingerprint density at radius 3 is 2.69 bits per heavy atom. The van der Waals surface area contributed by atoms with Crippen molar-refractivity contribution in [1.82, 2.24) is 14.8 Å². The van der Waals surface area contributed by atoms with E-state index in [9.17, 15) is 13.6 Å². The molecule has 0 saturated carbocycles. The molecule has 0 aliphatic heterocycles. The van der Waals surface area contributed by atoms with Crippen molar-refractivity contribution in [3.63, 3.8) is 0 Å². The van der Waals surface area contributed by atoms with Crippen LogP contribution in [0, 0.1) is 11.6 Å². The fourth-order valence-corrected chi connectivity index (χ4v) is 3.22. The van der Waals surface area contributed by atoms with Crippen LogP contribution in [0.2, 0.25) is 0 Å². The maximum absolute atomic E-state index is 14.0. The van der Waals surface area contributed by atoms with Gasteiger partial charge in [0.05, 0.1) is 11.3 Å². The average molecular weight is 374 g/mol. The summed E-state index contributed by atoms with van der Waals surface area (Å²) in [4.78, 5) is 12.1. The van der Waals surface area contributed by atoms with E-state index in [4.69, 9.17) is 0 Å². The zero-order valence-electron chi connectivity index (χ0n) is 13.9. The molecule has 8 heteroatoms. The standard InChI is InChI=1S/C18H16F2N4OS/c1-2-24-17(14-8-3-4-9-15(14)20)22-23-18(24)26-11-16(25)21-13-7-5-6-12(19)10-13/h3-10H,2,11H2,1H3,(H,21,25). The highest BCUT2D eigenvalue weighted by atomic mass is 32.2.